The largest absolute Gasteiger partial charge is 0.493 e. The van der Waals surface area contributed by atoms with Crippen molar-refractivity contribution in [3.63, 3.8) is 0 Å². The second-order valence-electron chi connectivity index (χ2n) is 3.23. The highest BCUT2D eigenvalue weighted by molar-refractivity contribution is 5.85. The van der Waals surface area contributed by atoms with Gasteiger partial charge < -0.3 is 10.5 Å². The molecule has 2 rings (SSSR count). The van der Waals surface area contributed by atoms with E-state index in [1.54, 1.807) is 0 Å². The van der Waals surface area contributed by atoms with Crippen LogP contribution in [0.1, 0.15) is 23.6 Å². The smallest absolute Gasteiger partial charge is 0.124 e. The average molecular weight is 200 g/mol. The van der Waals surface area contributed by atoms with Gasteiger partial charge >= 0.3 is 0 Å². The molecule has 0 radical (unpaired) electrons. The van der Waals surface area contributed by atoms with E-state index in [1.165, 1.54) is 11.1 Å². The van der Waals surface area contributed by atoms with Gasteiger partial charge in [-0.2, -0.15) is 0 Å². The van der Waals surface area contributed by atoms with Gasteiger partial charge in [0.2, 0.25) is 0 Å². The first-order valence-electron chi connectivity index (χ1n) is 4.27. The molecule has 1 heterocycles. The molecule has 0 aromatic heterocycles. The van der Waals surface area contributed by atoms with Crippen LogP contribution in [0.25, 0.3) is 0 Å². The number of benzene rings is 1. The Bertz CT molecular complexity index is 301. The molecule has 0 spiro atoms. The summed E-state index contributed by atoms with van der Waals surface area (Å²) >= 11 is 0. The standard InChI is InChI=1S/C10H13NO.ClH/c1-7-3-2-4-9-10(7)8(11)5-6-12-9;/h2-4,8H,5-6,11H2,1H3;1H/t8-;/m1./s1. The molecule has 2 N–H and O–H groups in total. The minimum atomic E-state index is 0. The van der Waals surface area contributed by atoms with Crippen LogP contribution in [0.15, 0.2) is 18.2 Å². The monoisotopic (exact) mass is 199 g/mol. The Kier molecular flexibility index (Phi) is 3.17. The van der Waals surface area contributed by atoms with E-state index in [0.29, 0.717) is 0 Å². The molecular formula is C10H14ClNO. The topological polar surface area (TPSA) is 35.2 Å². The number of ether oxygens (including phenoxy) is 1. The van der Waals surface area contributed by atoms with Gasteiger partial charge in [0.25, 0.3) is 0 Å². The van der Waals surface area contributed by atoms with Crippen molar-refractivity contribution in [1.82, 2.24) is 0 Å². The third-order valence-corrected chi connectivity index (χ3v) is 2.34. The molecule has 0 fully saturated rings. The lowest BCUT2D eigenvalue weighted by Crippen LogP contribution is -2.21. The van der Waals surface area contributed by atoms with E-state index in [4.69, 9.17) is 10.5 Å². The first-order chi connectivity index (χ1) is 5.79. The van der Waals surface area contributed by atoms with Crippen molar-refractivity contribution in [2.75, 3.05) is 6.61 Å². The second kappa shape index (κ2) is 3.99. The van der Waals surface area contributed by atoms with Gasteiger partial charge in [0.05, 0.1) is 6.61 Å². The third-order valence-electron chi connectivity index (χ3n) is 2.34. The highest BCUT2D eigenvalue weighted by Gasteiger charge is 2.18. The Morgan fingerprint density at radius 3 is 2.92 bits per heavy atom. The Hall–Kier alpha value is -0.730. The second-order valence-corrected chi connectivity index (χ2v) is 3.23. The molecule has 2 nitrogen and oxygen atoms in total. The maximum absolute atomic E-state index is 5.97. The predicted molar refractivity (Wildman–Crippen MR) is 55.5 cm³/mol. The van der Waals surface area contributed by atoms with Crippen LogP contribution in [0.4, 0.5) is 0 Å². The summed E-state index contributed by atoms with van der Waals surface area (Å²) in [4.78, 5) is 0. The molecule has 1 aromatic rings. The van der Waals surface area contributed by atoms with E-state index in [-0.39, 0.29) is 18.4 Å². The summed E-state index contributed by atoms with van der Waals surface area (Å²) in [6, 6.07) is 6.23. The zero-order chi connectivity index (χ0) is 8.55. The molecule has 72 valence electrons. The van der Waals surface area contributed by atoms with Gasteiger partial charge in [-0.05, 0) is 18.6 Å². The van der Waals surface area contributed by atoms with Crippen LogP contribution in [0.3, 0.4) is 0 Å². The fourth-order valence-corrected chi connectivity index (χ4v) is 1.69. The van der Waals surface area contributed by atoms with Crippen LogP contribution in [0, 0.1) is 6.92 Å². The first-order valence-corrected chi connectivity index (χ1v) is 4.27. The normalized spacial score (nSPS) is 19.7. The quantitative estimate of drug-likeness (QED) is 0.696. The predicted octanol–water partition coefficient (Wildman–Crippen LogP) is 2.20. The Morgan fingerprint density at radius 1 is 1.46 bits per heavy atom. The van der Waals surface area contributed by atoms with Gasteiger partial charge in [0.15, 0.2) is 0 Å². The Labute approximate surface area is 84.5 Å². The molecule has 1 aromatic carbocycles. The fourth-order valence-electron chi connectivity index (χ4n) is 1.69. The van der Waals surface area contributed by atoms with Crippen LogP contribution in [-0.2, 0) is 0 Å². The number of rotatable bonds is 0. The van der Waals surface area contributed by atoms with Crippen LogP contribution in [0.2, 0.25) is 0 Å². The molecule has 0 saturated heterocycles. The number of nitrogens with two attached hydrogens (primary N) is 1. The summed E-state index contributed by atoms with van der Waals surface area (Å²) in [5.41, 5.74) is 8.39. The average Bonchev–Trinajstić information content (AvgIpc) is 2.04. The number of hydrogen-bond donors (Lipinski definition) is 1. The van der Waals surface area contributed by atoms with Crippen molar-refractivity contribution < 1.29 is 4.74 Å². The van der Waals surface area contributed by atoms with E-state index in [2.05, 4.69) is 13.0 Å². The van der Waals surface area contributed by atoms with E-state index < -0.39 is 0 Å². The molecule has 0 unspecified atom stereocenters. The molecule has 1 aliphatic heterocycles. The van der Waals surface area contributed by atoms with Gasteiger partial charge in [-0.3, -0.25) is 0 Å². The van der Waals surface area contributed by atoms with E-state index in [0.717, 1.165) is 18.8 Å². The molecule has 1 aliphatic rings. The van der Waals surface area contributed by atoms with Crippen molar-refractivity contribution in [3.05, 3.63) is 29.3 Å². The first kappa shape index (κ1) is 10.4. The number of hydrogen-bond acceptors (Lipinski definition) is 2. The minimum Gasteiger partial charge on any atom is -0.493 e. The minimum absolute atomic E-state index is 0. The van der Waals surface area contributed by atoms with Crippen molar-refractivity contribution in [1.29, 1.82) is 0 Å². The van der Waals surface area contributed by atoms with Crippen molar-refractivity contribution >= 4 is 12.4 Å². The molecular weight excluding hydrogens is 186 g/mol. The van der Waals surface area contributed by atoms with E-state index in [1.807, 2.05) is 12.1 Å². The van der Waals surface area contributed by atoms with Gasteiger partial charge in [-0.1, -0.05) is 12.1 Å². The zero-order valence-corrected chi connectivity index (χ0v) is 8.43. The van der Waals surface area contributed by atoms with Crippen LogP contribution in [-0.4, -0.2) is 6.61 Å². The number of fused-ring (bicyclic) bond motifs is 1. The molecule has 0 bridgehead atoms. The van der Waals surface area contributed by atoms with Crippen molar-refractivity contribution in [2.45, 2.75) is 19.4 Å². The fraction of sp³-hybridized carbons (Fsp3) is 0.400. The molecule has 1 atom stereocenters. The van der Waals surface area contributed by atoms with Crippen LogP contribution in [0.5, 0.6) is 5.75 Å². The van der Waals surface area contributed by atoms with Crippen LogP contribution < -0.4 is 10.5 Å². The molecule has 0 amide bonds. The maximum atomic E-state index is 5.97. The van der Waals surface area contributed by atoms with Crippen molar-refractivity contribution in [3.8, 4) is 5.75 Å². The van der Waals surface area contributed by atoms with Gasteiger partial charge in [0, 0.05) is 18.0 Å². The Balaban J connectivity index is 0.000000845. The van der Waals surface area contributed by atoms with Gasteiger partial charge in [-0.15, -0.1) is 12.4 Å². The van der Waals surface area contributed by atoms with Crippen molar-refractivity contribution in [2.24, 2.45) is 5.73 Å². The molecule has 0 aliphatic carbocycles. The van der Waals surface area contributed by atoms with Crippen LogP contribution >= 0.6 is 12.4 Å². The number of aryl methyl sites for hydroxylation is 1. The van der Waals surface area contributed by atoms with Gasteiger partial charge in [0.1, 0.15) is 5.75 Å². The van der Waals surface area contributed by atoms with Gasteiger partial charge in [-0.25, -0.2) is 0 Å². The summed E-state index contributed by atoms with van der Waals surface area (Å²) in [6.45, 7) is 2.82. The SMILES string of the molecule is Cc1cccc2c1[C@H](N)CCO2.Cl. The van der Waals surface area contributed by atoms with E-state index >= 15 is 0 Å². The number of halogens is 1. The highest BCUT2D eigenvalue weighted by atomic mass is 35.5. The lowest BCUT2D eigenvalue weighted by Gasteiger charge is -2.24. The highest BCUT2D eigenvalue weighted by Crippen LogP contribution is 2.32. The zero-order valence-electron chi connectivity index (χ0n) is 7.62. The summed E-state index contributed by atoms with van der Waals surface area (Å²) in [6.07, 6.45) is 0.928. The third kappa shape index (κ3) is 1.79. The maximum Gasteiger partial charge on any atom is 0.124 e. The molecule has 3 heteroatoms. The lowest BCUT2D eigenvalue weighted by atomic mass is 9.97. The summed E-state index contributed by atoms with van der Waals surface area (Å²) in [5, 5.41) is 0. The Morgan fingerprint density at radius 2 is 2.23 bits per heavy atom. The molecule has 0 saturated carbocycles. The summed E-state index contributed by atoms with van der Waals surface area (Å²) < 4.78 is 5.49. The molecule has 13 heavy (non-hydrogen) atoms. The lowest BCUT2D eigenvalue weighted by molar-refractivity contribution is 0.268. The van der Waals surface area contributed by atoms with E-state index in [9.17, 15) is 0 Å². The summed E-state index contributed by atoms with van der Waals surface area (Å²) in [5.74, 6) is 0.966. The summed E-state index contributed by atoms with van der Waals surface area (Å²) in [7, 11) is 0.